The van der Waals surface area contributed by atoms with Crippen LogP contribution in [0.25, 0.3) is 17.2 Å². The number of carbonyl (C=O) groups excluding carboxylic acids is 2. The summed E-state index contributed by atoms with van der Waals surface area (Å²) >= 11 is 0. The fourth-order valence-corrected chi connectivity index (χ4v) is 7.59. The number of hydrogen-bond donors (Lipinski definition) is 2. The number of fused-ring (bicyclic) bond motifs is 3. The molecule has 1 saturated carbocycles. The second-order valence-corrected chi connectivity index (χ2v) is 13.7. The fourth-order valence-electron chi connectivity index (χ4n) is 7.59. The Morgan fingerprint density at radius 1 is 1.10 bits per heavy atom. The van der Waals surface area contributed by atoms with Crippen molar-refractivity contribution in [1.29, 1.82) is 0 Å². The molecule has 4 aromatic heterocycles. The van der Waals surface area contributed by atoms with E-state index in [0.29, 0.717) is 60.9 Å². The Balaban J connectivity index is 1.16. The lowest BCUT2D eigenvalue weighted by molar-refractivity contribution is -0.137. The number of aryl methyl sites for hydroxylation is 1. The van der Waals surface area contributed by atoms with E-state index in [4.69, 9.17) is 4.98 Å². The molecule has 1 aromatic carbocycles. The molecular weight excluding hydrogens is 669 g/mol. The Bertz CT molecular complexity index is 2260. The van der Waals surface area contributed by atoms with Crippen molar-refractivity contribution in [3.63, 3.8) is 0 Å². The van der Waals surface area contributed by atoms with Crippen molar-refractivity contribution in [3.05, 3.63) is 81.5 Å². The summed E-state index contributed by atoms with van der Waals surface area (Å²) in [5, 5.41) is 22.2. The summed E-state index contributed by atoms with van der Waals surface area (Å²) in [4.78, 5) is 55.7. The number of hydrogen-bond acceptors (Lipinski definition) is 9. The van der Waals surface area contributed by atoms with Crippen molar-refractivity contribution in [2.45, 2.75) is 76.0 Å². The molecule has 2 fully saturated rings. The van der Waals surface area contributed by atoms with E-state index in [-0.39, 0.29) is 46.8 Å². The Kier molecular flexibility index (Phi) is 7.50. The van der Waals surface area contributed by atoms with Crippen LogP contribution in [0.5, 0.6) is 5.75 Å². The Hall–Kier alpha value is -5.61. The minimum atomic E-state index is -4.52. The SMILES string of the molecule is Cc1ncnc(C(=O)N2CCC3(CC2)CC(C)c2c3c(=O)n3nc(-c4cnn(C5CC5)c4)nc3n2CC(=O)Nc2ccc(C(F)(F)F)cc2)c1O. The minimum absolute atomic E-state index is 0.0816. The van der Waals surface area contributed by atoms with Crippen molar-refractivity contribution in [1.82, 2.24) is 43.8 Å². The summed E-state index contributed by atoms with van der Waals surface area (Å²) in [5.41, 5.74) is 0.301. The summed E-state index contributed by atoms with van der Waals surface area (Å²) < 4.78 is 44.1. The van der Waals surface area contributed by atoms with Gasteiger partial charge in [0.15, 0.2) is 17.3 Å². The molecule has 14 nitrogen and oxygen atoms in total. The van der Waals surface area contributed by atoms with Crippen LogP contribution < -0.4 is 10.9 Å². The number of anilines is 1. The molecule has 1 unspecified atom stereocenters. The van der Waals surface area contributed by atoms with Crippen molar-refractivity contribution in [2.75, 3.05) is 18.4 Å². The van der Waals surface area contributed by atoms with E-state index in [9.17, 15) is 32.7 Å². The van der Waals surface area contributed by atoms with E-state index in [1.165, 1.54) is 23.0 Å². The number of carbonyl (C=O) groups is 2. The largest absolute Gasteiger partial charge is 0.504 e. The number of amides is 2. The van der Waals surface area contributed by atoms with Gasteiger partial charge in [0, 0.05) is 41.6 Å². The molecule has 5 heterocycles. The van der Waals surface area contributed by atoms with E-state index in [2.05, 4.69) is 25.5 Å². The minimum Gasteiger partial charge on any atom is -0.504 e. The second-order valence-electron chi connectivity index (χ2n) is 13.7. The number of aromatic hydroxyl groups is 1. The van der Waals surface area contributed by atoms with Gasteiger partial charge in [-0.25, -0.2) is 9.97 Å². The summed E-state index contributed by atoms with van der Waals surface area (Å²) in [6.45, 7) is 3.86. The summed E-state index contributed by atoms with van der Waals surface area (Å²) in [6, 6.07) is 4.48. The quantitative estimate of drug-likeness (QED) is 0.263. The van der Waals surface area contributed by atoms with Crippen molar-refractivity contribution in [2.24, 2.45) is 0 Å². The molecule has 8 rings (SSSR count). The van der Waals surface area contributed by atoms with Crippen molar-refractivity contribution in [3.8, 4) is 17.1 Å². The number of aromatic nitrogens is 8. The Morgan fingerprint density at radius 2 is 1.82 bits per heavy atom. The highest BCUT2D eigenvalue weighted by atomic mass is 19.4. The summed E-state index contributed by atoms with van der Waals surface area (Å²) in [7, 11) is 0. The third-order valence-electron chi connectivity index (χ3n) is 10.3. The van der Waals surface area contributed by atoms with Gasteiger partial charge in [-0.15, -0.1) is 5.10 Å². The molecule has 5 aromatic rings. The van der Waals surface area contributed by atoms with E-state index in [1.807, 2.05) is 17.8 Å². The molecule has 3 aliphatic rings. The number of nitrogens with one attached hydrogen (secondary N) is 1. The Morgan fingerprint density at radius 3 is 2.51 bits per heavy atom. The fraction of sp³-hybridized carbons (Fsp3) is 0.412. The number of halogens is 3. The number of piperidine rings is 1. The summed E-state index contributed by atoms with van der Waals surface area (Å²) in [5.74, 6) is -0.998. The number of alkyl halides is 3. The predicted octanol–water partition coefficient (Wildman–Crippen LogP) is 4.23. The van der Waals surface area contributed by atoms with E-state index in [0.717, 1.165) is 25.0 Å². The van der Waals surface area contributed by atoms with Gasteiger partial charge in [0.2, 0.25) is 11.7 Å². The average Bonchev–Trinajstić information content (AvgIpc) is 3.52. The third kappa shape index (κ3) is 5.60. The molecule has 0 radical (unpaired) electrons. The normalized spacial score (nSPS) is 18.4. The van der Waals surface area contributed by atoms with Crippen molar-refractivity contribution < 1.29 is 27.9 Å². The molecule has 1 atom stereocenters. The molecule has 264 valence electrons. The molecule has 1 saturated heterocycles. The van der Waals surface area contributed by atoms with E-state index < -0.39 is 29.0 Å². The molecule has 2 amide bonds. The Labute approximate surface area is 288 Å². The van der Waals surface area contributed by atoms with Crippen LogP contribution in [0.4, 0.5) is 18.9 Å². The number of rotatable bonds is 6. The highest BCUT2D eigenvalue weighted by Crippen LogP contribution is 2.50. The number of likely N-dealkylation sites (tertiary alicyclic amines) is 1. The number of nitrogens with zero attached hydrogens (tertiary/aromatic N) is 9. The van der Waals surface area contributed by atoms with Crippen LogP contribution in [0, 0.1) is 6.92 Å². The molecule has 2 N–H and O–H groups in total. The smallest absolute Gasteiger partial charge is 0.416 e. The van der Waals surface area contributed by atoms with Gasteiger partial charge >= 0.3 is 6.18 Å². The topological polar surface area (TPSA) is 165 Å². The first-order valence-corrected chi connectivity index (χ1v) is 16.7. The third-order valence-corrected chi connectivity index (χ3v) is 10.3. The molecule has 2 aliphatic carbocycles. The van der Waals surface area contributed by atoms with Gasteiger partial charge in [-0.05, 0) is 69.2 Å². The lowest BCUT2D eigenvalue weighted by Crippen LogP contribution is -2.46. The molecule has 0 bridgehead atoms. The van der Waals surface area contributed by atoms with Gasteiger partial charge in [-0.1, -0.05) is 6.92 Å². The zero-order valence-electron chi connectivity index (χ0n) is 27.7. The van der Waals surface area contributed by atoms with Crippen LogP contribution >= 0.6 is 0 Å². The molecular formula is C34H33F3N10O4. The van der Waals surface area contributed by atoms with Crippen LogP contribution in [0.3, 0.4) is 0 Å². The van der Waals surface area contributed by atoms with Crippen LogP contribution in [0.15, 0.2) is 47.8 Å². The van der Waals surface area contributed by atoms with Gasteiger partial charge < -0.3 is 19.9 Å². The van der Waals surface area contributed by atoms with E-state index in [1.54, 1.807) is 22.6 Å². The van der Waals surface area contributed by atoms with Gasteiger partial charge in [0.25, 0.3) is 11.5 Å². The zero-order valence-corrected chi connectivity index (χ0v) is 27.7. The highest BCUT2D eigenvalue weighted by molar-refractivity contribution is 5.95. The highest BCUT2D eigenvalue weighted by Gasteiger charge is 2.49. The molecule has 51 heavy (non-hydrogen) atoms. The summed E-state index contributed by atoms with van der Waals surface area (Å²) in [6.07, 6.45) is 3.68. The van der Waals surface area contributed by atoms with Crippen LogP contribution in [-0.2, 0) is 22.9 Å². The van der Waals surface area contributed by atoms with Crippen molar-refractivity contribution >= 4 is 23.3 Å². The van der Waals surface area contributed by atoms with Gasteiger partial charge in [-0.3, -0.25) is 19.1 Å². The van der Waals surface area contributed by atoms with Gasteiger partial charge in [0.05, 0.1) is 29.1 Å². The van der Waals surface area contributed by atoms with Crippen LogP contribution in [0.1, 0.15) is 84.0 Å². The standard InChI is InChI=1S/C34H33F3N10O4/c1-18-13-33(9-11-44(12-10-33)31(51)26-28(49)19(2)38-17-39-26)25-27(18)45(16-24(48)41-22-5-3-21(4-6-22)34(35,36)37)32-42-29(43-47(32)30(25)50)20-14-40-46(15-20)23-7-8-23/h3-6,14-15,17-18,23,49H,7-13,16H2,1-2H3,(H,41,48). The molecule has 1 spiro atoms. The molecule has 1 aliphatic heterocycles. The van der Waals surface area contributed by atoms with Crippen LogP contribution in [0.2, 0.25) is 0 Å². The maximum Gasteiger partial charge on any atom is 0.416 e. The number of benzene rings is 1. The van der Waals surface area contributed by atoms with Crippen LogP contribution in [-0.4, -0.2) is 73.8 Å². The van der Waals surface area contributed by atoms with Gasteiger partial charge in [-0.2, -0.15) is 27.8 Å². The lowest BCUT2D eigenvalue weighted by atomic mass is 9.73. The molecule has 17 heteroatoms. The predicted molar refractivity (Wildman–Crippen MR) is 175 cm³/mol. The monoisotopic (exact) mass is 702 g/mol. The first-order chi connectivity index (χ1) is 24.3. The van der Waals surface area contributed by atoms with Gasteiger partial charge in [0.1, 0.15) is 12.9 Å². The first-order valence-electron chi connectivity index (χ1n) is 16.7. The zero-order chi connectivity index (χ0) is 35.8. The average molecular weight is 703 g/mol. The van der Waals surface area contributed by atoms with E-state index >= 15 is 0 Å². The lowest BCUT2D eigenvalue weighted by Gasteiger charge is -2.39. The maximum absolute atomic E-state index is 14.5. The maximum atomic E-state index is 14.5. The second kappa shape index (κ2) is 11.7. The first kappa shape index (κ1) is 32.6.